The Hall–Kier alpha value is -0.120. The molecular weight excluding hydrogens is 188 g/mol. The molecule has 0 aromatic heterocycles. The van der Waals surface area contributed by atoms with Gasteiger partial charge in [-0.05, 0) is 53.0 Å². The zero-order valence-corrected chi connectivity index (χ0v) is 10.5. The minimum Gasteiger partial charge on any atom is -0.389 e. The molecule has 0 amide bonds. The van der Waals surface area contributed by atoms with Crippen LogP contribution in [-0.2, 0) is 0 Å². The summed E-state index contributed by atoms with van der Waals surface area (Å²) in [7, 11) is 2.15. The second-order valence-corrected chi connectivity index (χ2v) is 5.50. The Morgan fingerprint density at radius 2 is 2.00 bits per heavy atom. The summed E-state index contributed by atoms with van der Waals surface area (Å²) < 4.78 is 0. The number of hydrogen-bond donors (Lipinski definition) is 2. The van der Waals surface area contributed by atoms with Crippen LogP contribution >= 0.6 is 0 Å². The summed E-state index contributed by atoms with van der Waals surface area (Å²) in [6.45, 7) is 6.61. The van der Waals surface area contributed by atoms with Gasteiger partial charge in [0.15, 0.2) is 0 Å². The zero-order valence-electron chi connectivity index (χ0n) is 10.5. The fraction of sp³-hybridized carbons (Fsp3) is 1.00. The summed E-state index contributed by atoms with van der Waals surface area (Å²) in [6, 6.07) is 1.02. The number of rotatable bonds is 6. The highest BCUT2D eigenvalue weighted by Crippen LogP contribution is 2.35. The summed E-state index contributed by atoms with van der Waals surface area (Å²) in [5, 5.41) is 9.93. The van der Waals surface area contributed by atoms with Gasteiger partial charge < -0.3 is 15.7 Å². The van der Waals surface area contributed by atoms with Crippen LogP contribution in [0.1, 0.15) is 40.0 Å². The maximum Gasteiger partial charge on any atom is 0.0756 e. The summed E-state index contributed by atoms with van der Waals surface area (Å²) in [4.78, 5) is 2.38. The third-order valence-corrected chi connectivity index (χ3v) is 3.82. The number of nitrogens with two attached hydrogens (primary N) is 1. The van der Waals surface area contributed by atoms with Crippen molar-refractivity contribution in [2.75, 3.05) is 13.6 Å². The van der Waals surface area contributed by atoms with Crippen LogP contribution in [0.5, 0.6) is 0 Å². The van der Waals surface area contributed by atoms with Crippen LogP contribution in [-0.4, -0.2) is 41.3 Å². The molecule has 0 spiro atoms. The normalized spacial score (nSPS) is 25.0. The molecule has 3 nitrogen and oxygen atoms in total. The highest BCUT2D eigenvalue weighted by atomic mass is 16.3. The topological polar surface area (TPSA) is 49.5 Å². The number of nitrogens with zero attached hydrogens (tertiary/aromatic N) is 1. The van der Waals surface area contributed by atoms with E-state index in [1.165, 1.54) is 12.8 Å². The third-order valence-electron chi connectivity index (χ3n) is 3.82. The van der Waals surface area contributed by atoms with E-state index in [9.17, 15) is 5.11 Å². The van der Waals surface area contributed by atoms with Gasteiger partial charge in [-0.3, -0.25) is 0 Å². The monoisotopic (exact) mass is 214 g/mol. The first-order valence-electron chi connectivity index (χ1n) is 6.02. The van der Waals surface area contributed by atoms with Gasteiger partial charge in [0.1, 0.15) is 0 Å². The van der Waals surface area contributed by atoms with E-state index in [0.29, 0.717) is 18.6 Å². The van der Waals surface area contributed by atoms with Crippen molar-refractivity contribution in [3.8, 4) is 0 Å². The second kappa shape index (κ2) is 4.81. The summed E-state index contributed by atoms with van der Waals surface area (Å²) in [5.41, 5.74) is 4.81. The molecule has 3 unspecified atom stereocenters. The molecule has 1 rings (SSSR count). The summed E-state index contributed by atoms with van der Waals surface area (Å²) >= 11 is 0. The van der Waals surface area contributed by atoms with E-state index in [1.54, 1.807) is 0 Å². The van der Waals surface area contributed by atoms with Crippen LogP contribution < -0.4 is 5.73 Å². The first kappa shape index (κ1) is 12.9. The molecule has 3 N–H and O–H groups in total. The molecular formula is C12H26N2O. The lowest BCUT2D eigenvalue weighted by atomic mass is 9.96. The van der Waals surface area contributed by atoms with Crippen LogP contribution in [0.2, 0.25) is 0 Å². The Balaban J connectivity index is 2.41. The zero-order chi connectivity index (χ0) is 11.6. The van der Waals surface area contributed by atoms with Crippen LogP contribution in [0.4, 0.5) is 0 Å². The molecule has 1 aliphatic carbocycles. The Morgan fingerprint density at radius 3 is 2.40 bits per heavy atom. The molecule has 1 aliphatic rings. The van der Waals surface area contributed by atoms with Crippen LogP contribution in [0, 0.1) is 5.92 Å². The Labute approximate surface area is 93.6 Å². The summed E-state index contributed by atoms with van der Waals surface area (Å²) in [6.07, 6.45) is 3.48. The largest absolute Gasteiger partial charge is 0.389 e. The van der Waals surface area contributed by atoms with Crippen molar-refractivity contribution in [1.82, 2.24) is 4.90 Å². The smallest absolute Gasteiger partial charge is 0.0756 e. The Morgan fingerprint density at radius 1 is 1.47 bits per heavy atom. The van der Waals surface area contributed by atoms with Gasteiger partial charge in [0.25, 0.3) is 0 Å². The molecule has 0 saturated heterocycles. The van der Waals surface area contributed by atoms with Gasteiger partial charge in [-0.1, -0.05) is 0 Å². The standard InChI is InChI=1S/C12H26N2O/c1-9(7-12(3,15)8-13)14(4)10(2)11-5-6-11/h9-11,15H,5-8,13H2,1-4H3. The van der Waals surface area contributed by atoms with E-state index in [4.69, 9.17) is 5.73 Å². The Bertz CT molecular complexity index is 202. The van der Waals surface area contributed by atoms with Gasteiger partial charge in [-0.15, -0.1) is 0 Å². The molecule has 3 atom stereocenters. The second-order valence-electron chi connectivity index (χ2n) is 5.50. The van der Waals surface area contributed by atoms with E-state index >= 15 is 0 Å². The first-order chi connectivity index (χ1) is 6.87. The molecule has 0 bridgehead atoms. The van der Waals surface area contributed by atoms with E-state index < -0.39 is 5.60 Å². The number of hydrogen-bond acceptors (Lipinski definition) is 3. The lowest BCUT2D eigenvalue weighted by molar-refractivity contribution is 0.0251. The minimum atomic E-state index is -0.725. The molecule has 90 valence electrons. The Kier molecular flexibility index (Phi) is 4.15. The maximum absolute atomic E-state index is 9.93. The molecule has 0 aliphatic heterocycles. The molecule has 0 radical (unpaired) electrons. The van der Waals surface area contributed by atoms with Crippen LogP contribution in [0.25, 0.3) is 0 Å². The van der Waals surface area contributed by atoms with Crippen LogP contribution in [0.3, 0.4) is 0 Å². The van der Waals surface area contributed by atoms with Gasteiger partial charge in [0, 0.05) is 18.6 Å². The van der Waals surface area contributed by atoms with E-state index in [2.05, 4.69) is 25.8 Å². The lowest BCUT2D eigenvalue weighted by Crippen LogP contribution is -2.45. The fourth-order valence-corrected chi connectivity index (χ4v) is 2.18. The van der Waals surface area contributed by atoms with E-state index in [-0.39, 0.29) is 0 Å². The van der Waals surface area contributed by atoms with Gasteiger partial charge in [0.2, 0.25) is 0 Å². The molecule has 0 aromatic rings. The molecule has 15 heavy (non-hydrogen) atoms. The van der Waals surface area contributed by atoms with E-state index in [0.717, 1.165) is 12.3 Å². The van der Waals surface area contributed by atoms with Crippen molar-refractivity contribution < 1.29 is 5.11 Å². The van der Waals surface area contributed by atoms with Crippen molar-refractivity contribution in [2.45, 2.75) is 57.7 Å². The van der Waals surface area contributed by atoms with Gasteiger partial charge >= 0.3 is 0 Å². The van der Waals surface area contributed by atoms with Crippen molar-refractivity contribution >= 4 is 0 Å². The van der Waals surface area contributed by atoms with E-state index in [1.807, 2.05) is 6.92 Å². The minimum absolute atomic E-state index is 0.336. The van der Waals surface area contributed by atoms with Gasteiger partial charge in [-0.2, -0.15) is 0 Å². The molecule has 3 heteroatoms. The SMILES string of the molecule is CC(CC(C)(O)CN)N(C)C(C)C1CC1. The van der Waals surface area contributed by atoms with Crippen molar-refractivity contribution in [3.63, 3.8) is 0 Å². The first-order valence-corrected chi connectivity index (χ1v) is 6.02. The van der Waals surface area contributed by atoms with Gasteiger partial charge in [-0.25, -0.2) is 0 Å². The molecule has 1 saturated carbocycles. The van der Waals surface area contributed by atoms with Crippen molar-refractivity contribution in [2.24, 2.45) is 11.7 Å². The van der Waals surface area contributed by atoms with Crippen LogP contribution in [0.15, 0.2) is 0 Å². The lowest BCUT2D eigenvalue weighted by Gasteiger charge is -2.35. The highest BCUT2D eigenvalue weighted by molar-refractivity contribution is 4.88. The fourth-order valence-electron chi connectivity index (χ4n) is 2.18. The average Bonchev–Trinajstić information content (AvgIpc) is 2.98. The molecule has 0 heterocycles. The molecule has 1 fully saturated rings. The predicted octanol–water partition coefficient (Wildman–Crippen LogP) is 1.20. The average molecular weight is 214 g/mol. The number of aliphatic hydroxyl groups is 1. The quantitative estimate of drug-likeness (QED) is 0.698. The van der Waals surface area contributed by atoms with Crippen molar-refractivity contribution in [3.05, 3.63) is 0 Å². The van der Waals surface area contributed by atoms with Crippen molar-refractivity contribution in [1.29, 1.82) is 0 Å². The third kappa shape index (κ3) is 3.74. The summed E-state index contributed by atoms with van der Waals surface area (Å²) in [5.74, 6) is 0.875. The van der Waals surface area contributed by atoms with Gasteiger partial charge in [0.05, 0.1) is 5.60 Å². The maximum atomic E-state index is 9.93. The predicted molar refractivity (Wildman–Crippen MR) is 63.7 cm³/mol. The highest BCUT2D eigenvalue weighted by Gasteiger charge is 2.33. The molecule has 0 aromatic carbocycles.